The van der Waals surface area contributed by atoms with E-state index in [1.165, 1.54) is 25.3 Å². The lowest BCUT2D eigenvalue weighted by Crippen LogP contribution is -1.94. The number of unbranched alkanes of at least 4 members (excludes halogenated alkanes) is 3. The molecule has 1 aromatic carbocycles. The Balaban J connectivity index is 2.12. The average molecular weight is 300 g/mol. The molecular formula is C18H18F2N2. The van der Waals surface area contributed by atoms with E-state index in [9.17, 15) is 8.78 Å². The zero-order valence-corrected chi connectivity index (χ0v) is 12.6. The van der Waals surface area contributed by atoms with E-state index in [-0.39, 0.29) is 0 Å². The van der Waals surface area contributed by atoms with Crippen molar-refractivity contribution in [1.29, 1.82) is 5.26 Å². The molecule has 0 fully saturated rings. The molecule has 0 aliphatic carbocycles. The van der Waals surface area contributed by atoms with E-state index in [1.807, 2.05) is 6.07 Å². The Morgan fingerprint density at radius 2 is 1.82 bits per heavy atom. The number of benzene rings is 1. The van der Waals surface area contributed by atoms with Crippen molar-refractivity contribution >= 4 is 0 Å². The van der Waals surface area contributed by atoms with Crippen molar-refractivity contribution in [2.45, 2.75) is 39.0 Å². The van der Waals surface area contributed by atoms with Gasteiger partial charge in [-0.25, -0.2) is 8.78 Å². The molecule has 114 valence electrons. The second kappa shape index (κ2) is 7.65. The SMILES string of the molecule is CCCCCCc1ccc(-c2cc(F)c(C#N)c(F)c2)nc1. The van der Waals surface area contributed by atoms with Gasteiger partial charge < -0.3 is 0 Å². The molecule has 4 heteroatoms. The van der Waals surface area contributed by atoms with Crippen LogP contribution in [0.1, 0.15) is 43.7 Å². The number of nitrogens with zero attached hydrogens (tertiary/aromatic N) is 2. The second-order valence-corrected chi connectivity index (χ2v) is 5.29. The summed E-state index contributed by atoms with van der Waals surface area (Å²) in [7, 11) is 0. The van der Waals surface area contributed by atoms with E-state index in [0.717, 1.165) is 30.5 Å². The van der Waals surface area contributed by atoms with Gasteiger partial charge in [-0.1, -0.05) is 32.3 Å². The van der Waals surface area contributed by atoms with Crippen molar-refractivity contribution in [3.63, 3.8) is 0 Å². The van der Waals surface area contributed by atoms with Gasteiger partial charge in [0.2, 0.25) is 0 Å². The highest BCUT2D eigenvalue weighted by molar-refractivity contribution is 5.61. The molecule has 2 nitrogen and oxygen atoms in total. The third-order valence-corrected chi connectivity index (χ3v) is 3.59. The molecule has 0 saturated carbocycles. The molecule has 0 spiro atoms. The van der Waals surface area contributed by atoms with Gasteiger partial charge in [-0.05, 0) is 36.6 Å². The van der Waals surface area contributed by atoms with Crippen LogP contribution in [0.4, 0.5) is 8.78 Å². The van der Waals surface area contributed by atoms with E-state index in [2.05, 4.69) is 11.9 Å². The van der Waals surface area contributed by atoms with Crippen LogP contribution in [0.3, 0.4) is 0 Å². The Morgan fingerprint density at radius 1 is 1.09 bits per heavy atom. The molecule has 1 heterocycles. The first-order valence-electron chi connectivity index (χ1n) is 7.50. The average Bonchev–Trinajstić information content (AvgIpc) is 2.52. The predicted octanol–water partition coefficient (Wildman–Crippen LogP) is 5.02. The van der Waals surface area contributed by atoms with Crippen LogP contribution in [-0.2, 0) is 6.42 Å². The summed E-state index contributed by atoms with van der Waals surface area (Å²) in [5.41, 5.74) is 1.40. The number of halogens is 2. The number of nitriles is 1. The van der Waals surface area contributed by atoms with Crippen LogP contribution in [0, 0.1) is 23.0 Å². The highest BCUT2D eigenvalue weighted by atomic mass is 19.1. The first-order chi connectivity index (χ1) is 10.7. The normalized spacial score (nSPS) is 10.5. The smallest absolute Gasteiger partial charge is 0.144 e. The molecule has 0 unspecified atom stereocenters. The molecule has 2 rings (SSSR count). The number of aryl methyl sites for hydroxylation is 1. The summed E-state index contributed by atoms with van der Waals surface area (Å²) < 4.78 is 27.3. The zero-order valence-electron chi connectivity index (χ0n) is 12.6. The van der Waals surface area contributed by atoms with Gasteiger partial charge in [-0.15, -0.1) is 0 Å². The lowest BCUT2D eigenvalue weighted by molar-refractivity contribution is 0.577. The van der Waals surface area contributed by atoms with Gasteiger partial charge in [0.15, 0.2) is 0 Å². The van der Waals surface area contributed by atoms with Crippen LogP contribution in [0.15, 0.2) is 30.5 Å². The van der Waals surface area contributed by atoms with Crippen LogP contribution < -0.4 is 0 Å². The maximum absolute atomic E-state index is 13.6. The van der Waals surface area contributed by atoms with Gasteiger partial charge in [0.1, 0.15) is 23.3 Å². The van der Waals surface area contributed by atoms with Gasteiger partial charge in [0, 0.05) is 11.8 Å². The molecule has 0 N–H and O–H groups in total. The van der Waals surface area contributed by atoms with E-state index in [4.69, 9.17) is 5.26 Å². The molecule has 0 saturated heterocycles. The summed E-state index contributed by atoms with van der Waals surface area (Å²) in [6, 6.07) is 7.49. The highest BCUT2D eigenvalue weighted by Crippen LogP contribution is 2.23. The first-order valence-corrected chi connectivity index (χ1v) is 7.50. The van der Waals surface area contributed by atoms with Crippen molar-refractivity contribution < 1.29 is 8.78 Å². The van der Waals surface area contributed by atoms with Crippen LogP contribution in [0.2, 0.25) is 0 Å². The van der Waals surface area contributed by atoms with Crippen molar-refractivity contribution in [1.82, 2.24) is 4.98 Å². The maximum Gasteiger partial charge on any atom is 0.144 e. The van der Waals surface area contributed by atoms with E-state index in [0.29, 0.717) is 11.3 Å². The zero-order chi connectivity index (χ0) is 15.9. The second-order valence-electron chi connectivity index (χ2n) is 5.29. The summed E-state index contributed by atoms with van der Waals surface area (Å²) in [5, 5.41) is 8.67. The minimum absolute atomic E-state index is 0.339. The van der Waals surface area contributed by atoms with E-state index < -0.39 is 17.2 Å². The van der Waals surface area contributed by atoms with Gasteiger partial charge in [-0.3, -0.25) is 4.98 Å². The fourth-order valence-corrected chi connectivity index (χ4v) is 2.33. The Morgan fingerprint density at radius 3 is 2.36 bits per heavy atom. The van der Waals surface area contributed by atoms with Crippen LogP contribution in [-0.4, -0.2) is 4.98 Å². The summed E-state index contributed by atoms with van der Waals surface area (Å²) >= 11 is 0. The van der Waals surface area contributed by atoms with Gasteiger partial charge in [0.05, 0.1) is 5.69 Å². The quantitative estimate of drug-likeness (QED) is 0.702. The largest absolute Gasteiger partial charge is 0.256 e. The van der Waals surface area contributed by atoms with Crippen molar-refractivity contribution in [3.05, 3.63) is 53.2 Å². The van der Waals surface area contributed by atoms with Gasteiger partial charge >= 0.3 is 0 Å². The predicted molar refractivity (Wildman–Crippen MR) is 82.2 cm³/mol. The minimum Gasteiger partial charge on any atom is -0.256 e. The molecule has 0 radical (unpaired) electrons. The Kier molecular flexibility index (Phi) is 5.60. The van der Waals surface area contributed by atoms with Gasteiger partial charge in [-0.2, -0.15) is 5.26 Å². The third-order valence-electron chi connectivity index (χ3n) is 3.59. The topological polar surface area (TPSA) is 36.7 Å². The molecule has 0 aliphatic rings. The number of hydrogen-bond donors (Lipinski definition) is 0. The number of pyridine rings is 1. The number of rotatable bonds is 6. The molecule has 1 aromatic heterocycles. The molecule has 2 aromatic rings. The number of hydrogen-bond acceptors (Lipinski definition) is 2. The Hall–Kier alpha value is -2.28. The van der Waals surface area contributed by atoms with Crippen LogP contribution >= 0.6 is 0 Å². The first kappa shape index (κ1) is 16.1. The molecule has 0 bridgehead atoms. The summed E-state index contributed by atoms with van der Waals surface area (Å²) in [5.74, 6) is -1.72. The number of aromatic nitrogens is 1. The maximum atomic E-state index is 13.6. The summed E-state index contributed by atoms with van der Waals surface area (Å²) in [4.78, 5) is 4.27. The Labute approximate surface area is 129 Å². The van der Waals surface area contributed by atoms with Crippen LogP contribution in [0.5, 0.6) is 0 Å². The fraction of sp³-hybridized carbons (Fsp3) is 0.333. The van der Waals surface area contributed by atoms with E-state index >= 15 is 0 Å². The van der Waals surface area contributed by atoms with Crippen molar-refractivity contribution in [2.75, 3.05) is 0 Å². The van der Waals surface area contributed by atoms with Crippen molar-refractivity contribution in [3.8, 4) is 17.3 Å². The molecule has 22 heavy (non-hydrogen) atoms. The van der Waals surface area contributed by atoms with Crippen LogP contribution in [0.25, 0.3) is 11.3 Å². The molecular weight excluding hydrogens is 282 g/mol. The van der Waals surface area contributed by atoms with Gasteiger partial charge in [0.25, 0.3) is 0 Å². The lowest BCUT2D eigenvalue weighted by Gasteiger charge is -2.05. The summed E-state index contributed by atoms with van der Waals surface area (Å²) in [6.07, 6.45) is 7.46. The lowest BCUT2D eigenvalue weighted by atomic mass is 10.0. The molecule has 0 amide bonds. The fourth-order valence-electron chi connectivity index (χ4n) is 2.33. The highest BCUT2D eigenvalue weighted by Gasteiger charge is 2.12. The minimum atomic E-state index is -0.858. The standard InChI is InChI=1S/C18H18F2N2/c1-2-3-4-5-6-13-7-8-18(22-12-13)14-9-16(19)15(11-21)17(20)10-14/h7-10,12H,2-6H2,1H3. The summed E-state index contributed by atoms with van der Waals surface area (Å²) in [6.45, 7) is 2.17. The molecule has 0 atom stereocenters. The monoisotopic (exact) mass is 300 g/mol. The van der Waals surface area contributed by atoms with Crippen molar-refractivity contribution in [2.24, 2.45) is 0 Å². The third kappa shape index (κ3) is 3.88. The van der Waals surface area contributed by atoms with E-state index in [1.54, 1.807) is 12.3 Å². The molecule has 0 aliphatic heterocycles. The Bertz CT molecular complexity index is 649.